The molecule has 2 rings (SSSR count). The first-order valence-electron chi connectivity index (χ1n) is 6.71. The molecule has 0 atom stereocenters. The van der Waals surface area contributed by atoms with Gasteiger partial charge in [-0.25, -0.2) is 0 Å². The molecular formula is C15H21BrClN. The van der Waals surface area contributed by atoms with Gasteiger partial charge in [0.25, 0.3) is 0 Å². The largest absolute Gasteiger partial charge is 0.371 e. The van der Waals surface area contributed by atoms with Crippen LogP contribution in [0.5, 0.6) is 0 Å². The van der Waals surface area contributed by atoms with E-state index in [1.165, 1.54) is 41.7 Å². The van der Waals surface area contributed by atoms with E-state index in [1.54, 1.807) is 0 Å². The third-order valence-corrected chi connectivity index (χ3v) is 4.93. The molecule has 0 bridgehead atoms. The zero-order valence-corrected chi connectivity index (χ0v) is 13.5. The predicted octanol–water partition coefficient (Wildman–Crippen LogP) is 5.06. The minimum absolute atomic E-state index is 0.578. The molecule has 3 heteroatoms. The van der Waals surface area contributed by atoms with Gasteiger partial charge in [-0.2, -0.15) is 0 Å². The highest BCUT2D eigenvalue weighted by Crippen LogP contribution is 2.32. The van der Waals surface area contributed by atoms with E-state index in [2.05, 4.69) is 52.9 Å². The maximum atomic E-state index is 5.86. The molecule has 1 aromatic carbocycles. The number of hydrogen-bond donors (Lipinski definition) is 0. The Morgan fingerprint density at radius 1 is 1.33 bits per heavy atom. The Morgan fingerprint density at radius 2 is 2.00 bits per heavy atom. The molecule has 1 fully saturated rings. The average molecular weight is 331 g/mol. The van der Waals surface area contributed by atoms with Crippen LogP contribution in [-0.4, -0.2) is 13.1 Å². The van der Waals surface area contributed by atoms with Crippen molar-refractivity contribution in [2.75, 3.05) is 18.0 Å². The standard InChI is InChI=1S/C15H21BrClN/c1-11(2)13-5-7-18(8-6-13)15-4-3-12(10-17)9-14(15)16/h3-4,9,11,13H,5-8,10H2,1-2H3. The Kier molecular flexibility index (Phi) is 4.97. The van der Waals surface area contributed by atoms with E-state index in [-0.39, 0.29) is 0 Å². The Bertz CT molecular complexity index is 397. The summed E-state index contributed by atoms with van der Waals surface area (Å²) in [5.41, 5.74) is 2.48. The summed E-state index contributed by atoms with van der Waals surface area (Å²) in [6.07, 6.45) is 2.61. The van der Waals surface area contributed by atoms with E-state index < -0.39 is 0 Å². The minimum Gasteiger partial charge on any atom is -0.371 e. The second-order valence-electron chi connectivity index (χ2n) is 5.49. The molecule has 0 spiro atoms. The first kappa shape index (κ1) is 14.2. The van der Waals surface area contributed by atoms with Crippen LogP contribution in [0.15, 0.2) is 22.7 Å². The number of halogens is 2. The molecule has 0 radical (unpaired) electrons. The van der Waals surface area contributed by atoms with Crippen LogP contribution in [0.4, 0.5) is 5.69 Å². The third-order valence-electron chi connectivity index (χ3n) is 3.99. The molecule has 1 heterocycles. The van der Waals surface area contributed by atoms with E-state index in [0.29, 0.717) is 5.88 Å². The van der Waals surface area contributed by atoms with E-state index in [1.807, 2.05) is 0 Å². The van der Waals surface area contributed by atoms with Crippen LogP contribution in [0.2, 0.25) is 0 Å². The van der Waals surface area contributed by atoms with Gasteiger partial charge in [-0.1, -0.05) is 19.9 Å². The summed E-state index contributed by atoms with van der Waals surface area (Å²) < 4.78 is 1.17. The van der Waals surface area contributed by atoms with Gasteiger partial charge < -0.3 is 4.90 Å². The molecular weight excluding hydrogens is 310 g/mol. The Balaban J connectivity index is 2.05. The van der Waals surface area contributed by atoms with E-state index in [9.17, 15) is 0 Å². The lowest BCUT2D eigenvalue weighted by atomic mass is 9.86. The van der Waals surface area contributed by atoms with Crippen molar-refractivity contribution in [3.05, 3.63) is 28.2 Å². The van der Waals surface area contributed by atoms with Crippen molar-refractivity contribution in [1.82, 2.24) is 0 Å². The summed E-state index contributed by atoms with van der Waals surface area (Å²) in [6, 6.07) is 6.45. The van der Waals surface area contributed by atoms with E-state index in [4.69, 9.17) is 11.6 Å². The fourth-order valence-corrected chi connectivity index (χ4v) is 3.54. The van der Waals surface area contributed by atoms with Gasteiger partial charge in [-0.05, 0) is 58.3 Å². The van der Waals surface area contributed by atoms with Crippen molar-refractivity contribution >= 4 is 33.2 Å². The maximum Gasteiger partial charge on any atom is 0.0510 e. The Labute approximate surface area is 124 Å². The van der Waals surface area contributed by atoms with Crippen LogP contribution in [0, 0.1) is 11.8 Å². The van der Waals surface area contributed by atoms with Crippen molar-refractivity contribution in [2.45, 2.75) is 32.6 Å². The third kappa shape index (κ3) is 3.21. The number of anilines is 1. The van der Waals surface area contributed by atoms with Gasteiger partial charge in [0.15, 0.2) is 0 Å². The van der Waals surface area contributed by atoms with E-state index >= 15 is 0 Å². The molecule has 1 nitrogen and oxygen atoms in total. The van der Waals surface area contributed by atoms with Crippen molar-refractivity contribution < 1.29 is 0 Å². The van der Waals surface area contributed by atoms with Crippen LogP contribution in [0.3, 0.4) is 0 Å². The van der Waals surface area contributed by atoms with Gasteiger partial charge >= 0.3 is 0 Å². The number of piperidine rings is 1. The fourth-order valence-electron chi connectivity index (χ4n) is 2.70. The SMILES string of the molecule is CC(C)C1CCN(c2ccc(CCl)cc2Br)CC1. The monoisotopic (exact) mass is 329 g/mol. The second-order valence-corrected chi connectivity index (χ2v) is 6.61. The van der Waals surface area contributed by atoms with Gasteiger partial charge in [-0.15, -0.1) is 11.6 Å². The molecule has 100 valence electrons. The Hall–Kier alpha value is -0.210. The molecule has 1 aliphatic heterocycles. The lowest BCUT2D eigenvalue weighted by Gasteiger charge is -2.35. The highest BCUT2D eigenvalue weighted by Gasteiger charge is 2.22. The van der Waals surface area contributed by atoms with Crippen LogP contribution in [0.1, 0.15) is 32.3 Å². The molecule has 1 aromatic rings. The van der Waals surface area contributed by atoms with Gasteiger partial charge in [0.2, 0.25) is 0 Å². The van der Waals surface area contributed by atoms with Crippen LogP contribution >= 0.6 is 27.5 Å². The van der Waals surface area contributed by atoms with Crippen molar-refractivity contribution in [3.63, 3.8) is 0 Å². The smallest absolute Gasteiger partial charge is 0.0510 e. The highest BCUT2D eigenvalue weighted by atomic mass is 79.9. The number of rotatable bonds is 3. The predicted molar refractivity (Wildman–Crippen MR) is 83.5 cm³/mol. The number of hydrogen-bond acceptors (Lipinski definition) is 1. The van der Waals surface area contributed by atoms with Gasteiger partial charge in [0.05, 0.1) is 5.69 Å². The van der Waals surface area contributed by atoms with E-state index in [0.717, 1.165) is 11.8 Å². The highest BCUT2D eigenvalue weighted by molar-refractivity contribution is 9.10. The second kappa shape index (κ2) is 6.29. The first-order valence-corrected chi connectivity index (χ1v) is 8.04. The molecule has 0 amide bonds. The topological polar surface area (TPSA) is 3.24 Å². The summed E-state index contributed by atoms with van der Waals surface area (Å²) in [5, 5.41) is 0. The van der Waals surface area contributed by atoms with Crippen molar-refractivity contribution in [1.29, 1.82) is 0 Å². The van der Waals surface area contributed by atoms with Crippen LogP contribution in [-0.2, 0) is 5.88 Å². The molecule has 1 aliphatic rings. The summed E-state index contributed by atoms with van der Waals surface area (Å²) in [5.74, 6) is 2.28. The quantitative estimate of drug-likeness (QED) is 0.700. The number of benzene rings is 1. The molecule has 18 heavy (non-hydrogen) atoms. The minimum atomic E-state index is 0.578. The summed E-state index contributed by atoms with van der Waals surface area (Å²) in [6.45, 7) is 7.01. The normalized spacial score (nSPS) is 17.5. The Morgan fingerprint density at radius 3 is 2.50 bits per heavy atom. The molecule has 0 unspecified atom stereocenters. The summed E-state index contributed by atoms with van der Waals surface area (Å²) >= 11 is 9.52. The zero-order chi connectivity index (χ0) is 13.1. The number of nitrogens with zero attached hydrogens (tertiary/aromatic N) is 1. The molecule has 1 saturated heterocycles. The lowest BCUT2D eigenvalue weighted by molar-refractivity contribution is 0.311. The first-order chi connectivity index (χ1) is 8.61. The van der Waals surface area contributed by atoms with Crippen LogP contribution < -0.4 is 4.90 Å². The van der Waals surface area contributed by atoms with Gasteiger partial charge in [0.1, 0.15) is 0 Å². The maximum absolute atomic E-state index is 5.86. The lowest BCUT2D eigenvalue weighted by Crippen LogP contribution is -2.35. The average Bonchev–Trinajstić information content (AvgIpc) is 2.38. The molecule has 0 aliphatic carbocycles. The summed E-state index contributed by atoms with van der Waals surface area (Å²) in [7, 11) is 0. The van der Waals surface area contributed by atoms with Crippen molar-refractivity contribution in [2.24, 2.45) is 11.8 Å². The summed E-state index contributed by atoms with van der Waals surface area (Å²) in [4.78, 5) is 2.49. The number of alkyl halides is 1. The van der Waals surface area contributed by atoms with Crippen LogP contribution in [0.25, 0.3) is 0 Å². The van der Waals surface area contributed by atoms with Gasteiger partial charge in [-0.3, -0.25) is 0 Å². The van der Waals surface area contributed by atoms with Gasteiger partial charge in [0, 0.05) is 23.4 Å². The van der Waals surface area contributed by atoms with Crippen molar-refractivity contribution in [3.8, 4) is 0 Å². The zero-order valence-electron chi connectivity index (χ0n) is 11.1. The molecule has 0 aromatic heterocycles. The fraction of sp³-hybridized carbons (Fsp3) is 0.600. The molecule has 0 N–H and O–H groups in total. The molecule has 0 saturated carbocycles.